The molecule has 10 N–H and O–H groups in total. The summed E-state index contributed by atoms with van der Waals surface area (Å²) in [4.78, 5) is 53.9. The Morgan fingerprint density at radius 3 is 2.08 bits per heavy atom. The predicted octanol–water partition coefficient (Wildman–Crippen LogP) is -0.245. The molecule has 0 bridgehead atoms. The quantitative estimate of drug-likeness (QED) is 0.0982. The molecule has 204 valence electrons. The van der Waals surface area contributed by atoms with E-state index in [0.29, 0.717) is 17.5 Å². The van der Waals surface area contributed by atoms with Crippen molar-refractivity contribution in [2.45, 2.75) is 38.4 Å². The first-order valence-corrected chi connectivity index (χ1v) is 11.8. The number of benzene rings is 2. The zero-order valence-corrected chi connectivity index (χ0v) is 20.8. The molecule has 0 aromatic heterocycles. The molecule has 0 aliphatic heterocycles. The molecule has 0 saturated heterocycles. The van der Waals surface area contributed by atoms with Gasteiger partial charge in [-0.3, -0.25) is 19.4 Å². The first-order chi connectivity index (χ1) is 18.0. The lowest BCUT2D eigenvalue weighted by molar-refractivity contribution is -0.142. The van der Waals surface area contributed by atoms with Crippen LogP contribution in [0.4, 0.5) is 4.79 Å². The van der Waals surface area contributed by atoms with Crippen molar-refractivity contribution in [3.05, 3.63) is 65.2 Å². The number of primary amides is 1. The van der Waals surface area contributed by atoms with Crippen molar-refractivity contribution in [1.29, 1.82) is 0 Å². The maximum absolute atomic E-state index is 13.5. The normalized spacial score (nSPS) is 11.2. The van der Waals surface area contributed by atoms with Gasteiger partial charge in [0.1, 0.15) is 18.3 Å². The number of guanidine groups is 1. The smallest absolute Gasteiger partial charge is 0.322 e. The van der Waals surface area contributed by atoms with Crippen LogP contribution in [0.25, 0.3) is 0 Å². The maximum Gasteiger partial charge on any atom is 0.322 e. The molecule has 0 saturated carbocycles. The Balaban J connectivity index is 2.33. The molecule has 1 atom stereocenters. The number of urea groups is 1. The highest BCUT2D eigenvalue weighted by Crippen LogP contribution is 2.18. The van der Waals surface area contributed by atoms with Crippen LogP contribution in [-0.4, -0.2) is 64.0 Å². The van der Waals surface area contributed by atoms with Crippen LogP contribution in [0.5, 0.6) is 5.75 Å². The minimum Gasteiger partial charge on any atom is -0.508 e. The summed E-state index contributed by atoms with van der Waals surface area (Å²) in [7, 11) is 0. The van der Waals surface area contributed by atoms with Gasteiger partial charge in [-0.15, -0.1) is 0 Å². The summed E-state index contributed by atoms with van der Waals surface area (Å²) in [6.45, 7) is -0.116. The van der Waals surface area contributed by atoms with Crippen molar-refractivity contribution in [3.8, 4) is 5.75 Å². The first kappa shape index (κ1) is 29.4. The summed E-state index contributed by atoms with van der Waals surface area (Å²) in [5, 5.41) is 23.4. The van der Waals surface area contributed by atoms with Gasteiger partial charge in [-0.05, 0) is 41.7 Å². The van der Waals surface area contributed by atoms with Gasteiger partial charge < -0.3 is 42.9 Å². The summed E-state index contributed by atoms with van der Waals surface area (Å²) in [5.41, 5.74) is 18.0. The molecule has 2 aromatic rings. The number of carbonyl (C=O) groups excluding carboxylic acids is 3. The van der Waals surface area contributed by atoms with E-state index in [2.05, 4.69) is 15.6 Å². The summed E-state index contributed by atoms with van der Waals surface area (Å²) in [5.74, 6) is -2.29. The van der Waals surface area contributed by atoms with Gasteiger partial charge >= 0.3 is 12.0 Å². The molecular weight excluding hydrogens is 494 g/mol. The van der Waals surface area contributed by atoms with Crippen LogP contribution in [0.1, 0.15) is 29.5 Å². The van der Waals surface area contributed by atoms with Gasteiger partial charge in [0.25, 0.3) is 0 Å². The molecule has 0 heterocycles. The average molecular weight is 528 g/mol. The fraction of sp³-hybridized carbons (Fsp3) is 0.320. The molecule has 13 nitrogen and oxygen atoms in total. The maximum atomic E-state index is 13.5. The second kappa shape index (κ2) is 14.7. The Labute approximate surface area is 219 Å². The number of hydrogen-bond donors (Lipinski definition) is 7. The third-order valence-electron chi connectivity index (χ3n) is 5.48. The number of amides is 4. The number of phenols is 1. The van der Waals surface area contributed by atoms with Gasteiger partial charge in [0.2, 0.25) is 11.8 Å². The van der Waals surface area contributed by atoms with Crippen LogP contribution < -0.4 is 27.8 Å². The van der Waals surface area contributed by atoms with Crippen molar-refractivity contribution in [2.75, 3.05) is 13.1 Å². The number of nitrogens with one attached hydrogen (secondary N) is 2. The summed E-state index contributed by atoms with van der Waals surface area (Å²) in [6, 6.07) is 11.5. The Hall–Kier alpha value is -4.81. The van der Waals surface area contributed by atoms with Crippen LogP contribution in [0, 0.1) is 0 Å². The minimum atomic E-state index is -1.22. The van der Waals surface area contributed by atoms with Gasteiger partial charge in [0, 0.05) is 19.6 Å². The Kier molecular flexibility index (Phi) is 11.4. The first-order valence-electron chi connectivity index (χ1n) is 11.8. The topological polar surface area (TPSA) is 226 Å². The van der Waals surface area contributed by atoms with E-state index in [0.717, 1.165) is 5.56 Å². The van der Waals surface area contributed by atoms with Crippen LogP contribution in [0.15, 0.2) is 53.5 Å². The standard InChI is InChI=1S/C25H33N7O6/c26-24(27)29-11-1-2-20(23(37)30-14-22(35)36)32(21(34)12-16-7-9-19(33)10-8-16)15-18-5-3-17(4-6-18)13-31-25(28)38/h3-10,20,33H,1-2,11-15H2,(H,30,37)(H,35,36)(H4,26,27,29)(H3,28,31,38)/t20-/m1/s1. The predicted molar refractivity (Wildman–Crippen MR) is 140 cm³/mol. The molecule has 0 unspecified atom stereocenters. The lowest BCUT2D eigenvalue weighted by Crippen LogP contribution is -2.50. The van der Waals surface area contributed by atoms with Gasteiger partial charge in [-0.25, -0.2) is 4.79 Å². The van der Waals surface area contributed by atoms with Gasteiger partial charge in [-0.2, -0.15) is 0 Å². The second-order valence-electron chi connectivity index (χ2n) is 8.48. The molecular formula is C25H33N7O6. The fourth-order valence-corrected chi connectivity index (χ4v) is 3.61. The SMILES string of the molecule is NC(=O)NCc1ccc(CN(C(=O)Cc2ccc(O)cc2)[C@H](CCCN=C(N)N)C(=O)NCC(=O)O)cc1. The molecule has 0 spiro atoms. The Morgan fingerprint density at radius 1 is 0.895 bits per heavy atom. The number of carboxylic acids is 1. The average Bonchev–Trinajstić information content (AvgIpc) is 2.87. The third kappa shape index (κ3) is 10.4. The van der Waals surface area contributed by atoms with E-state index in [1.54, 1.807) is 36.4 Å². The lowest BCUT2D eigenvalue weighted by Gasteiger charge is -2.31. The van der Waals surface area contributed by atoms with Crippen molar-refractivity contribution in [1.82, 2.24) is 15.5 Å². The van der Waals surface area contributed by atoms with Crippen LogP contribution >= 0.6 is 0 Å². The highest BCUT2D eigenvalue weighted by molar-refractivity contribution is 5.90. The summed E-state index contributed by atoms with van der Waals surface area (Å²) >= 11 is 0. The number of carbonyl (C=O) groups is 4. The van der Waals surface area contributed by atoms with Crippen LogP contribution in [-0.2, 0) is 33.9 Å². The molecule has 0 aliphatic carbocycles. The molecule has 0 fully saturated rings. The molecule has 38 heavy (non-hydrogen) atoms. The van der Waals surface area contributed by atoms with Crippen LogP contribution in [0.3, 0.4) is 0 Å². The van der Waals surface area contributed by atoms with E-state index in [1.807, 2.05) is 0 Å². The Morgan fingerprint density at radius 2 is 1.50 bits per heavy atom. The highest BCUT2D eigenvalue weighted by Gasteiger charge is 2.30. The fourth-order valence-electron chi connectivity index (χ4n) is 3.61. The van der Waals surface area contributed by atoms with Gasteiger partial charge in [0.15, 0.2) is 5.96 Å². The largest absolute Gasteiger partial charge is 0.508 e. The number of carboxylic acid groups (broad SMARTS) is 1. The molecule has 2 rings (SSSR count). The number of rotatable bonds is 14. The molecule has 13 heteroatoms. The van der Waals surface area contributed by atoms with Gasteiger partial charge in [-0.1, -0.05) is 36.4 Å². The molecule has 2 aromatic carbocycles. The molecule has 0 aliphatic rings. The Bertz CT molecular complexity index is 1130. The van der Waals surface area contributed by atoms with E-state index in [9.17, 15) is 24.3 Å². The van der Waals surface area contributed by atoms with E-state index >= 15 is 0 Å². The van der Waals surface area contributed by atoms with Crippen LogP contribution in [0.2, 0.25) is 0 Å². The summed E-state index contributed by atoms with van der Waals surface area (Å²) in [6.07, 6.45) is 0.464. The zero-order valence-electron chi connectivity index (χ0n) is 20.8. The van der Waals surface area contributed by atoms with E-state index in [1.165, 1.54) is 17.0 Å². The number of aromatic hydroxyl groups is 1. The number of aliphatic imine (C=N–C) groups is 1. The second-order valence-corrected chi connectivity index (χ2v) is 8.48. The number of nitrogens with two attached hydrogens (primary N) is 3. The van der Waals surface area contributed by atoms with E-state index in [4.69, 9.17) is 22.3 Å². The number of hydrogen-bond acceptors (Lipinski definition) is 6. The zero-order chi connectivity index (χ0) is 28.1. The number of phenolic OH excluding ortho intramolecular Hbond substituents is 1. The lowest BCUT2D eigenvalue weighted by atomic mass is 10.0. The molecule has 4 amide bonds. The third-order valence-corrected chi connectivity index (χ3v) is 5.48. The van der Waals surface area contributed by atoms with Gasteiger partial charge in [0.05, 0.1) is 6.42 Å². The van der Waals surface area contributed by atoms with Crippen molar-refractivity contribution in [2.24, 2.45) is 22.2 Å². The van der Waals surface area contributed by atoms with Crippen molar-refractivity contribution >= 4 is 29.8 Å². The number of aliphatic carboxylic acids is 1. The van der Waals surface area contributed by atoms with Crippen molar-refractivity contribution in [3.63, 3.8) is 0 Å². The highest BCUT2D eigenvalue weighted by atomic mass is 16.4. The monoisotopic (exact) mass is 527 g/mol. The number of nitrogens with zero attached hydrogens (tertiary/aromatic N) is 2. The minimum absolute atomic E-state index is 0.0495. The van der Waals surface area contributed by atoms with E-state index in [-0.39, 0.29) is 50.1 Å². The van der Waals surface area contributed by atoms with Crippen molar-refractivity contribution < 1.29 is 29.4 Å². The molecule has 0 radical (unpaired) electrons. The van der Waals surface area contributed by atoms with E-state index < -0.39 is 30.5 Å². The summed E-state index contributed by atoms with van der Waals surface area (Å²) < 4.78 is 0.